The molecule has 9 heavy (non-hydrogen) atoms. The zero-order chi connectivity index (χ0) is 6.95. The summed E-state index contributed by atoms with van der Waals surface area (Å²) in [5.74, 6) is 0. The van der Waals surface area contributed by atoms with Crippen molar-refractivity contribution in [1.82, 2.24) is 0 Å². The van der Waals surface area contributed by atoms with E-state index in [9.17, 15) is 0 Å². The van der Waals surface area contributed by atoms with Gasteiger partial charge in [-0.05, 0) is 6.42 Å². The molecular formula is C7H16O2. The van der Waals surface area contributed by atoms with Crippen molar-refractivity contribution in [1.29, 1.82) is 0 Å². The first-order valence-corrected chi connectivity index (χ1v) is 3.60. The van der Waals surface area contributed by atoms with Crippen LogP contribution in [0, 0.1) is 0 Å². The summed E-state index contributed by atoms with van der Waals surface area (Å²) >= 11 is 0. The average molecular weight is 132 g/mol. The van der Waals surface area contributed by atoms with Crippen LogP contribution in [0.4, 0.5) is 0 Å². The van der Waals surface area contributed by atoms with Crippen molar-refractivity contribution in [3.63, 3.8) is 0 Å². The van der Waals surface area contributed by atoms with Crippen LogP contribution in [0.15, 0.2) is 0 Å². The van der Waals surface area contributed by atoms with E-state index >= 15 is 0 Å². The second-order valence-electron chi connectivity index (χ2n) is 2.04. The van der Waals surface area contributed by atoms with E-state index in [4.69, 9.17) is 9.84 Å². The molecule has 0 aliphatic heterocycles. The molecule has 0 unspecified atom stereocenters. The molecule has 0 aliphatic carbocycles. The molecule has 0 atom stereocenters. The number of aliphatic hydroxyl groups is 1. The normalized spacial score (nSPS) is 10.0. The van der Waals surface area contributed by atoms with Gasteiger partial charge in [0.25, 0.3) is 0 Å². The smallest absolute Gasteiger partial charge is 0.0697 e. The van der Waals surface area contributed by atoms with Crippen LogP contribution in [0.2, 0.25) is 0 Å². The summed E-state index contributed by atoms with van der Waals surface area (Å²) in [5, 5.41) is 8.30. The summed E-state index contributed by atoms with van der Waals surface area (Å²) in [4.78, 5) is 0. The van der Waals surface area contributed by atoms with E-state index < -0.39 is 0 Å². The summed E-state index contributed by atoms with van der Waals surface area (Å²) < 4.78 is 5.03. The molecule has 56 valence electrons. The van der Waals surface area contributed by atoms with Crippen molar-refractivity contribution in [2.45, 2.75) is 26.2 Å². The molecule has 1 N–H and O–H groups in total. The predicted molar refractivity (Wildman–Crippen MR) is 37.4 cm³/mol. The Kier molecular flexibility index (Phi) is 7.85. The highest BCUT2D eigenvalue weighted by atomic mass is 16.5. The second-order valence-corrected chi connectivity index (χ2v) is 2.04. The molecule has 0 fully saturated rings. The van der Waals surface area contributed by atoms with Crippen molar-refractivity contribution in [2.75, 3.05) is 19.8 Å². The van der Waals surface area contributed by atoms with Crippen LogP contribution in [-0.2, 0) is 4.74 Å². The predicted octanol–water partition coefficient (Wildman–Crippen LogP) is 1.19. The molecule has 0 heterocycles. The summed E-state index contributed by atoms with van der Waals surface area (Å²) in [6.45, 7) is 3.59. The van der Waals surface area contributed by atoms with Crippen LogP contribution in [0.3, 0.4) is 0 Å². The first-order chi connectivity index (χ1) is 4.41. The topological polar surface area (TPSA) is 29.5 Å². The molecular weight excluding hydrogens is 116 g/mol. The summed E-state index contributed by atoms with van der Waals surface area (Å²) in [6, 6.07) is 0. The lowest BCUT2D eigenvalue weighted by Gasteiger charge is -1.98. The van der Waals surface area contributed by atoms with Crippen molar-refractivity contribution >= 4 is 0 Å². The van der Waals surface area contributed by atoms with E-state index in [1.807, 2.05) is 0 Å². The van der Waals surface area contributed by atoms with Crippen LogP contribution >= 0.6 is 0 Å². The van der Waals surface area contributed by atoms with Crippen LogP contribution in [-0.4, -0.2) is 24.9 Å². The largest absolute Gasteiger partial charge is 0.394 e. The van der Waals surface area contributed by atoms with E-state index in [2.05, 4.69) is 6.92 Å². The Morgan fingerprint density at radius 2 is 2.00 bits per heavy atom. The Balaban J connectivity index is 2.60. The second kappa shape index (κ2) is 7.92. The highest BCUT2D eigenvalue weighted by Crippen LogP contribution is 1.92. The molecule has 0 amide bonds. The Bertz CT molecular complexity index is 40.2. The molecule has 0 aliphatic rings. The molecule has 0 bridgehead atoms. The SMILES string of the molecule is CCCCCOCCO. The third-order valence-corrected chi connectivity index (χ3v) is 1.13. The summed E-state index contributed by atoms with van der Waals surface area (Å²) in [7, 11) is 0. The maximum absolute atomic E-state index is 8.30. The van der Waals surface area contributed by atoms with Gasteiger partial charge in [0.2, 0.25) is 0 Å². The molecule has 0 aromatic heterocycles. The van der Waals surface area contributed by atoms with Gasteiger partial charge in [0.1, 0.15) is 0 Å². The fraction of sp³-hybridized carbons (Fsp3) is 1.00. The van der Waals surface area contributed by atoms with Crippen LogP contribution in [0.25, 0.3) is 0 Å². The highest BCUT2D eigenvalue weighted by Gasteiger charge is 1.85. The molecule has 2 nitrogen and oxygen atoms in total. The molecule has 0 rings (SSSR count). The first kappa shape index (κ1) is 8.92. The van der Waals surface area contributed by atoms with Gasteiger partial charge < -0.3 is 9.84 Å². The molecule has 0 saturated carbocycles. The fourth-order valence-electron chi connectivity index (χ4n) is 0.621. The number of unbranched alkanes of at least 4 members (excludes halogenated alkanes) is 2. The van der Waals surface area contributed by atoms with E-state index in [-0.39, 0.29) is 6.61 Å². The zero-order valence-corrected chi connectivity index (χ0v) is 6.10. The van der Waals surface area contributed by atoms with Gasteiger partial charge in [0.05, 0.1) is 13.2 Å². The summed E-state index contributed by atoms with van der Waals surface area (Å²) in [6.07, 6.45) is 3.57. The van der Waals surface area contributed by atoms with Crippen molar-refractivity contribution < 1.29 is 9.84 Å². The first-order valence-electron chi connectivity index (χ1n) is 3.60. The van der Waals surface area contributed by atoms with Gasteiger partial charge in [-0.2, -0.15) is 0 Å². The molecule has 0 aromatic rings. The number of ether oxygens (including phenoxy) is 1. The number of aliphatic hydroxyl groups excluding tert-OH is 1. The quantitative estimate of drug-likeness (QED) is 0.550. The van der Waals surface area contributed by atoms with E-state index in [1.54, 1.807) is 0 Å². The van der Waals surface area contributed by atoms with Gasteiger partial charge >= 0.3 is 0 Å². The average Bonchev–Trinajstić information content (AvgIpc) is 1.89. The Morgan fingerprint density at radius 3 is 2.56 bits per heavy atom. The van der Waals surface area contributed by atoms with Gasteiger partial charge in [0.15, 0.2) is 0 Å². The zero-order valence-electron chi connectivity index (χ0n) is 6.10. The van der Waals surface area contributed by atoms with E-state index in [0.29, 0.717) is 6.61 Å². The minimum atomic E-state index is 0.145. The van der Waals surface area contributed by atoms with E-state index in [1.165, 1.54) is 12.8 Å². The monoisotopic (exact) mass is 132 g/mol. The molecule has 0 radical (unpaired) electrons. The van der Waals surface area contributed by atoms with Crippen molar-refractivity contribution in [2.24, 2.45) is 0 Å². The van der Waals surface area contributed by atoms with Crippen LogP contribution < -0.4 is 0 Å². The number of hydrogen-bond acceptors (Lipinski definition) is 2. The lowest BCUT2D eigenvalue weighted by atomic mass is 10.3. The lowest BCUT2D eigenvalue weighted by Crippen LogP contribution is -2.00. The molecule has 0 saturated heterocycles. The van der Waals surface area contributed by atoms with E-state index in [0.717, 1.165) is 13.0 Å². The van der Waals surface area contributed by atoms with Crippen LogP contribution in [0.5, 0.6) is 0 Å². The van der Waals surface area contributed by atoms with Gasteiger partial charge in [0, 0.05) is 6.61 Å². The lowest BCUT2D eigenvalue weighted by molar-refractivity contribution is 0.0898. The third kappa shape index (κ3) is 7.92. The third-order valence-electron chi connectivity index (χ3n) is 1.13. The Hall–Kier alpha value is -0.0800. The number of hydrogen-bond donors (Lipinski definition) is 1. The van der Waals surface area contributed by atoms with Gasteiger partial charge in [-0.1, -0.05) is 19.8 Å². The van der Waals surface area contributed by atoms with Crippen molar-refractivity contribution in [3.05, 3.63) is 0 Å². The fourth-order valence-corrected chi connectivity index (χ4v) is 0.621. The molecule has 0 spiro atoms. The summed E-state index contributed by atoms with van der Waals surface area (Å²) in [5.41, 5.74) is 0. The van der Waals surface area contributed by atoms with Gasteiger partial charge in [-0.3, -0.25) is 0 Å². The minimum absolute atomic E-state index is 0.145. The molecule has 2 heteroatoms. The molecule has 0 aromatic carbocycles. The minimum Gasteiger partial charge on any atom is -0.394 e. The maximum atomic E-state index is 8.30. The van der Waals surface area contributed by atoms with Crippen molar-refractivity contribution in [3.8, 4) is 0 Å². The highest BCUT2D eigenvalue weighted by molar-refractivity contribution is 4.35. The van der Waals surface area contributed by atoms with Crippen LogP contribution in [0.1, 0.15) is 26.2 Å². The standard InChI is InChI=1S/C7H16O2/c1-2-3-4-6-9-7-5-8/h8H,2-7H2,1H3. The Labute approximate surface area is 56.8 Å². The van der Waals surface area contributed by atoms with Gasteiger partial charge in [-0.25, -0.2) is 0 Å². The Morgan fingerprint density at radius 1 is 1.22 bits per heavy atom. The van der Waals surface area contributed by atoms with Gasteiger partial charge in [-0.15, -0.1) is 0 Å². The number of rotatable bonds is 6. The maximum Gasteiger partial charge on any atom is 0.0697 e.